The fourth-order valence-electron chi connectivity index (χ4n) is 4.81. The van der Waals surface area contributed by atoms with Crippen LogP contribution in [0.5, 0.6) is 0 Å². The summed E-state index contributed by atoms with van der Waals surface area (Å²) < 4.78 is 2.20. The van der Waals surface area contributed by atoms with Crippen LogP contribution < -0.4 is 0 Å². The number of nitrogens with zero attached hydrogens (tertiary/aromatic N) is 2. The van der Waals surface area contributed by atoms with Crippen LogP contribution >= 0.6 is 0 Å². The number of benzene rings is 2. The third-order valence-electron chi connectivity index (χ3n) is 6.68. The first-order valence-corrected chi connectivity index (χ1v) is 13.1. The van der Waals surface area contributed by atoms with Crippen molar-refractivity contribution in [2.45, 2.75) is 77.3 Å². The van der Waals surface area contributed by atoms with Crippen LogP contribution in [0, 0.1) is 0 Å². The van der Waals surface area contributed by atoms with Crippen molar-refractivity contribution in [3.8, 4) is 0 Å². The molecule has 0 heterocycles. The number of hydrogen-bond donors (Lipinski definition) is 0. The second-order valence-electron chi connectivity index (χ2n) is 11.1. The molecule has 178 valence electrons. The van der Waals surface area contributed by atoms with E-state index in [-0.39, 0.29) is 0 Å². The summed E-state index contributed by atoms with van der Waals surface area (Å²) >= 11 is 0. The van der Waals surface area contributed by atoms with Crippen molar-refractivity contribution in [3.05, 3.63) is 71.8 Å². The van der Waals surface area contributed by atoms with Crippen molar-refractivity contribution in [2.24, 2.45) is 0 Å². The highest BCUT2D eigenvalue weighted by molar-refractivity contribution is 5.14. The van der Waals surface area contributed by atoms with Gasteiger partial charge in [0.2, 0.25) is 0 Å². The fraction of sp³-hybridized carbons (Fsp3) is 0.600. The number of rotatable bonds is 17. The molecule has 0 spiro atoms. The molecule has 0 saturated carbocycles. The van der Waals surface area contributed by atoms with E-state index in [9.17, 15) is 0 Å². The fourth-order valence-corrected chi connectivity index (χ4v) is 4.81. The van der Waals surface area contributed by atoms with Crippen molar-refractivity contribution in [2.75, 3.05) is 41.3 Å². The lowest BCUT2D eigenvalue weighted by Gasteiger charge is -2.30. The van der Waals surface area contributed by atoms with Gasteiger partial charge in [-0.1, -0.05) is 99.2 Å². The molecule has 2 rings (SSSR count). The molecule has 0 unspecified atom stereocenters. The molecular formula is C30H50N2+2. The maximum atomic E-state index is 2.37. The van der Waals surface area contributed by atoms with Gasteiger partial charge < -0.3 is 8.97 Å². The maximum absolute atomic E-state index is 2.37. The normalized spacial score (nSPS) is 12.2. The summed E-state index contributed by atoms with van der Waals surface area (Å²) in [5, 5.41) is 0. The van der Waals surface area contributed by atoms with Crippen LogP contribution in [-0.4, -0.2) is 50.2 Å². The Labute approximate surface area is 199 Å². The van der Waals surface area contributed by atoms with E-state index in [1.54, 1.807) is 0 Å². The SMILES string of the molecule is C[N+](C)(CCCCCCCCCCCC[N+](C)(C)Cc1ccccc1)Cc1ccccc1. The Bertz CT molecular complexity index is 643. The zero-order chi connectivity index (χ0) is 23.1. The smallest absolute Gasteiger partial charge is 0.104 e. The first kappa shape index (κ1) is 26.6. The van der Waals surface area contributed by atoms with Gasteiger partial charge in [-0.2, -0.15) is 0 Å². The molecular weight excluding hydrogens is 388 g/mol. The summed E-state index contributed by atoms with van der Waals surface area (Å²) in [5.41, 5.74) is 2.91. The van der Waals surface area contributed by atoms with Gasteiger partial charge in [-0.3, -0.25) is 0 Å². The van der Waals surface area contributed by atoms with E-state index < -0.39 is 0 Å². The number of quaternary nitrogens is 2. The Morgan fingerprint density at radius 1 is 0.406 bits per heavy atom. The van der Waals surface area contributed by atoms with Gasteiger partial charge in [-0.05, 0) is 25.7 Å². The molecule has 2 nitrogen and oxygen atoms in total. The van der Waals surface area contributed by atoms with Gasteiger partial charge >= 0.3 is 0 Å². The second-order valence-corrected chi connectivity index (χ2v) is 11.1. The highest BCUT2D eigenvalue weighted by atomic mass is 15.3. The van der Waals surface area contributed by atoms with Gasteiger partial charge in [0, 0.05) is 11.1 Å². The molecule has 0 aliphatic rings. The Morgan fingerprint density at radius 3 is 1.00 bits per heavy atom. The Morgan fingerprint density at radius 2 is 0.688 bits per heavy atom. The highest BCUT2D eigenvalue weighted by Gasteiger charge is 2.15. The summed E-state index contributed by atoms with van der Waals surface area (Å²) in [6.07, 6.45) is 14.0. The molecule has 2 aromatic rings. The molecule has 0 aliphatic heterocycles. The van der Waals surface area contributed by atoms with E-state index in [0.717, 1.165) is 22.1 Å². The van der Waals surface area contributed by atoms with Crippen molar-refractivity contribution in [1.82, 2.24) is 0 Å². The second kappa shape index (κ2) is 14.5. The summed E-state index contributed by atoms with van der Waals surface area (Å²) in [7, 11) is 9.48. The lowest BCUT2D eigenvalue weighted by Crippen LogP contribution is -2.39. The van der Waals surface area contributed by atoms with Gasteiger partial charge in [-0.25, -0.2) is 0 Å². The standard InChI is InChI=1S/C30H50N2/c1-31(2,27-29-21-15-13-16-22-29)25-19-11-9-7-5-6-8-10-12-20-26-32(3,4)28-30-23-17-14-18-24-30/h13-18,21-24H,5-12,19-20,25-28H2,1-4H3/q+2. The van der Waals surface area contributed by atoms with Crippen molar-refractivity contribution >= 4 is 0 Å². The lowest BCUT2D eigenvalue weighted by molar-refractivity contribution is -0.903. The topological polar surface area (TPSA) is 0 Å². The monoisotopic (exact) mass is 438 g/mol. The largest absolute Gasteiger partial charge is 0.325 e. The molecule has 32 heavy (non-hydrogen) atoms. The molecule has 0 fully saturated rings. The zero-order valence-corrected chi connectivity index (χ0v) is 21.6. The third kappa shape index (κ3) is 12.4. The lowest BCUT2D eigenvalue weighted by atomic mass is 10.1. The molecule has 0 radical (unpaired) electrons. The van der Waals surface area contributed by atoms with E-state index in [1.165, 1.54) is 88.4 Å². The third-order valence-corrected chi connectivity index (χ3v) is 6.68. The average Bonchev–Trinajstić information content (AvgIpc) is 2.75. The minimum atomic E-state index is 1.10. The van der Waals surface area contributed by atoms with Crippen LogP contribution in [0.1, 0.15) is 75.3 Å². The van der Waals surface area contributed by atoms with E-state index in [2.05, 4.69) is 88.9 Å². The van der Waals surface area contributed by atoms with Gasteiger partial charge in [0.1, 0.15) is 13.1 Å². The molecule has 0 saturated heterocycles. The molecule has 0 N–H and O–H groups in total. The quantitative estimate of drug-likeness (QED) is 0.178. The zero-order valence-electron chi connectivity index (χ0n) is 21.6. The summed E-state index contributed by atoms with van der Waals surface area (Å²) in [6.45, 7) is 4.86. The highest BCUT2D eigenvalue weighted by Crippen LogP contribution is 2.15. The summed E-state index contributed by atoms with van der Waals surface area (Å²) in [6, 6.07) is 21.9. The van der Waals surface area contributed by atoms with Gasteiger partial charge in [0.15, 0.2) is 0 Å². The molecule has 2 heteroatoms. The van der Waals surface area contributed by atoms with Crippen molar-refractivity contribution in [1.29, 1.82) is 0 Å². The predicted octanol–water partition coefficient (Wildman–Crippen LogP) is 7.44. The Kier molecular flexibility index (Phi) is 12.1. The summed E-state index contributed by atoms with van der Waals surface area (Å²) in [4.78, 5) is 0. The summed E-state index contributed by atoms with van der Waals surface area (Å²) in [5.74, 6) is 0. The number of unbranched alkanes of at least 4 members (excludes halogenated alkanes) is 9. The van der Waals surface area contributed by atoms with E-state index >= 15 is 0 Å². The molecule has 0 atom stereocenters. The first-order chi connectivity index (χ1) is 15.4. The Balaban J connectivity index is 1.40. The van der Waals surface area contributed by atoms with E-state index in [4.69, 9.17) is 0 Å². The Hall–Kier alpha value is -1.64. The van der Waals surface area contributed by atoms with Gasteiger partial charge in [0.25, 0.3) is 0 Å². The van der Waals surface area contributed by atoms with Crippen LogP contribution in [0.25, 0.3) is 0 Å². The van der Waals surface area contributed by atoms with Crippen LogP contribution in [0.3, 0.4) is 0 Å². The van der Waals surface area contributed by atoms with Crippen LogP contribution in [0.4, 0.5) is 0 Å². The van der Waals surface area contributed by atoms with Crippen LogP contribution in [0.15, 0.2) is 60.7 Å². The minimum Gasteiger partial charge on any atom is -0.325 e. The van der Waals surface area contributed by atoms with E-state index in [1.807, 2.05) is 0 Å². The molecule has 2 aromatic carbocycles. The minimum absolute atomic E-state index is 1.10. The van der Waals surface area contributed by atoms with Crippen LogP contribution in [-0.2, 0) is 13.1 Å². The molecule has 0 amide bonds. The average molecular weight is 439 g/mol. The van der Waals surface area contributed by atoms with Crippen molar-refractivity contribution < 1.29 is 8.97 Å². The first-order valence-electron chi connectivity index (χ1n) is 13.1. The molecule has 0 aromatic heterocycles. The maximum Gasteiger partial charge on any atom is 0.104 e. The molecule has 0 bridgehead atoms. The van der Waals surface area contributed by atoms with Crippen molar-refractivity contribution in [3.63, 3.8) is 0 Å². The number of hydrogen-bond acceptors (Lipinski definition) is 0. The van der Waals surface area contributed by atoms with Gasteiger partial charge in [0.05, 0.1) is 41.3 Å². The molecule has 0 aliphatic carbocycles. The van der Waals surface area contributed by atoms with Crippen LogP contribution in [0.2, 0.25) is 0 Å². The predicted molar refractivity (Wildman–Crippen MR) is 140 cm³/mol. The van der Waals surface area contributed by atoms with E-state index in [0.29, 0.717) is 0 Å². The van der Waals surface area contributed by atoms with Gasteiger partial charge in [-0.15, -0.1) is 0 Å².